The summed E-state index contributed by atoms with van der Waals surface area (Å²) in [4.78, 5) is 4.71. The smallest absolute Gasteiger partial charge is 0.124 e. The molecule has 0 aliphatic rings. The number of anilines is 6. The monoisotopic (exact) mass is 577 g/mol. The van der Waals surface area contributed by atoms with Gasteiger partial charge in [-0.25, -0.2) is 0 Å². The van der Waals surface area contributed by atoms with Crippen LogP contribution in [0.3, 0.4) is 0 Å². The molecular formula is C42H31N3. The number of nitrogens with zero attached hydrogens (tertiary/aromatic N) is 3. The topological polar surface area (TPSA) is 11.4 Å². The molecular weight excluding hydrogens is 546 g/mol. The first-order chi connectivity index (χ1) is 22.3. The second kappa shape index (κ2) is 11.6. The van der Waals surface area contributed by atoms with Crippen LogP contribution in [0.1, 0.15) is 0 Å². The van der Waals surface area contributed by atoms with E-state index in [1.807, 2.05) is 0 Å². The standard InChI is InChI=1S/C42H31N3/c1-4-18-36(19-5-1)43(39-26-24-32-14-10-12-16-34(32)30-39)41-28-29-42(45(41)38-22-8-3-9-23-38)44(37-20-6-2-7-21-37)40-27-25-33-15-11-13-17-35(33)31-40/h1-31H. The van der Waals surface area contributed by atoms with Crippen LogP contribution in [-0.4, -0.2) is 4.57 Å². The minimum atomic E-state index is 1.04. The highest BCUT2D eigenvalue weighted by Crippen LogP contribution is 2.44. The van der Waals surface area contributed by atoms with Gasteiger partial charge in [-0.15, -0.1) is 0 Å². The van der Waals surface area contributed by atoms with E-state index in [-0.39, 0.29) is 0 Å². The van der Waals surface area contributed by atoms with Gasteiger partial charge >= 0.3 is 0 Å². The van der Waals surface area contributed by atoms with E-state index in [0.717, 1.165) is 40.1 Å². The lowest BCUT2D eigenvalue weighted by Gasteiger charge is -2.31. The van der Waals surface area contributed by atoms with E-state index in [1.165, 1.54) is 21.5 Å². The van der Waals surface area contributed by atoms with Crippen LogP contribution in [0, 0.1) is 0 Å². The van der Waals surface area contributed by atoms with Crippen molar-refractivity contribution >= 4 is 55.9 Å². The number of benzene rings is 7. The van der Waals surface area contributed by atoms with E-state index in [9.17, 15) is 0 Å². The molecule has 8 aromatic rings. The third kappa shape index (κ3) is 5.01. The van der Waals surface area contributed by atoms with Crippen LogP contribution in [0.5, 0.6) is 0 Å². The zero-order chi connectivity index (χ0) is 30.0. The molecule has 0 fully saturated rings. The molecule has 0 saturated carbocycles. The quantitative estimate of drug-likeness (QED) is 0.187. The molecule has 3 heteroatoms. The molecule has 0 saturated heterocycles. The number of para-hydroxylation sites is 3. The summed E-state index contributed by atoms with van der Waals surface area (Å²) in [6.07, 6.45) is 0. The molecule has 0 aliphatic heterocycles. The van der Waals surface area contributed by atoms with Crippen molar-refractivity contribution in [2.75, 3.05) is 9.80 Å². The molecule has 45 heavy (non-hydrogen) atoms. The number of hydrogen-bond donors (Lipinski definition) is 0. The SMILES string of the molecule is c1ccc(N(c2ccc3ccccc3c2)c2ccc(N(c3ccccc3)c3ccc4ccccc4c3)n2-c2ccccc2)cc1. The third-order valence-electron chi connectivity index (χ3n) is 8.32. The fourth-order valence-electron chi connectivity index (χ4n) is 6.22. The molecule has 0 amide bonds. The highest BCUT2D eigenvalue weighted by molar-refractivity contribution is 5.92. The summed E-state index contributed by atoms with van der Waals surface area (Å²) >= 11 is 0. The molecule has 1 heterocycles. The second-order valence-corrected chi connectivity index (χ2v) is 11.1. The Bertz CT molecular complexity index is 2080. The van der Waals surface area contributed by atoms with Crippen molar-refractivity contribution in [2.45, 2.75) is 0 Å². The first-order valence-corrected chi connectivity index (χ1v) is 15.3. The maximum absolute atomic E-state index is 2.37. The number of hydrogen-bond acceptors (Lipinski definition) is 2. The van der Waals surface area contributed by atoms with Crippen LogP contribution in [0.4, 0.5) is 34.4 Å². The molecule has 0 N–H and O–H groups in total. The Morgan fingerprint density at radius 3 is 1.11 bits per heavy atom. The molecule has 0 unspecified atom stereocenters. The Balaban J connectivity index is 1.40. The predicted molar refractivity (Wildman–Crippen MR) is 190 cm³/mol. The third-order valence-corrected chi connectivity index (χ3v) is 8.32. The lowest BCUT2D eigenvalue weighted by Crippen LogP contribution is -2.18. The van der Waals surface area contributed by atoms with Gasteiger partial charge in [0.15, 0.2) is 0 Å². The largest absolute Gasteiger partial charge is 0.296 e. The zero-order valence-corrected chi connectivity index (χ0v) is 24.7. The highest BCUT2D eigenvalue weighted by atomic mass is 15.3. The van der Waals surface area contributed by atoms with Crippen molar-refractivity contribution in [3.8, 4) is 5.69 Å². The van der Waals surface area contributed by atoms with Gasteiger partial charge in [0.05, 0.1) is 0 Å². The maximum Gasteiger partial charge on any atom is 0.124 e. The van der Waals surface area contributed by atoms with Gasteiger partial charge in [-0.1, -0.05) is 115 Å². The average molecular weight is 578 g/mol. The molecule has 0 atom stereocenters. The van der Waals surface area contributed by atoms with E-state index < -0.39 is 0 Å². The van der Waals surface area contributed by atoms with Gasteiger partial charge in [-0.05, 0) is 94.3 Å². The normalized spacial score (nSPS) is 11.1. The van der Waals surface area contributed by atoms with E-state index in [1.54, 1.807) is 0 Å². The lowest BCUT2D eigenvalue weighted by molar-refractivity contribution is 1.01. The Labute approximate surface area is 263 Å². The van der Waals surface area contributed by atoms with Crippen molar-refractivity contribution in [1.82, 2.24) is 4.57 Å². The van der Waals surface area contributed by atoms with Crippen molar-refractivity contribution in [3.05, 3.63) is 188 Å². The molecule has 0 aliphatic carbocycles. The summed E-state index contributed by atoms with van der Waals surface area (Å²) in [5, 5.41) is 4.85. The predicted octanol–water partition coefficient (Wildman–Crippen LogP) is 11.7. The number of fused-ring (bicyclic) bond motifs is 2. The van der Waals surface area contributed by atoms with Crippen molar-refractivity contribution in [2.24, 2.45) is 0 Å². The summed E-state index contributed by atoms with van der Waals surface area (Å²) in [7, 11) is 0. The Morgan fingerprint density at radius 2 is 0.667 bits per heavy atom. The van der Waals surface area contributed by atoms with Crippen LogP contribution in [0.25, 0.3) is 27.2 Å². The van der Waals surface area contributed by atoms with Gasteiger partial charge in [-0.3, -0.25) is 14.4 Å². The average Bonchev–Trinajstić information content (AvgIpc) is 3.53. The van der Waals surface area contributed by atoms with Gasteiger partial charge in [0.1, 0.15) is 11.6 Å². The number of rotatable bonds is 7. The minimum Gasteiger partial charge on any atom is -0.296 e. The molecule has 214 valence electrons. The fourth-order valence-corrected chi connectivity index (χ4v) is 6.22. The first kappa shape index (κ1) is 26.6. The maximum atomic E-state index is 2.37. The number of aromatic nitrogens is 1. The van der Waals surface area contributed by atoms with E-state index >= 15 is 0 Å². The molecule has 8 rings (SSSR count). The van der Waals surface area contributed by atoms with Crippen LogP contribution < -0.4 is 9.80 Å². The molecule has 0 radical (unpaired) electrons. The summed E-state index contributed by atoms with van der Waals surface area (Å²) in [6, 6.07) is 66.9. The van der Waals surface area contributed by atoms with Crippen LogP contribution in [-0.2, 0) is 0 Å². The highest BCUT2D eigenvalue weighted by Gasteiger charge is 2.24. The van der Waals surface area contributed by atoms with Crippen molar-refractivity contribution < 1.29 is 0 Å². The zero-order valence-electron chi connectivity index (χ0n) is 24.7. The summed E-state index contributed by atoms with van der Waals surface area (Å²) < 4.78 is 2.37. The van der Waals surface area contributed by atoms with Crippen molar-refractivity contribution in [3.63, 3.8) is 0 Å². The van der Waals surface area contributed by atoms with E-state index in [2.05, 4.69) is 202 Å². The summed E-state index contributed by atoms with van der Waals surface area (Å²) in [5.74, 6) is 2.08. The first-order valence-electron chi connectivity index (χ1n) is 15.3. The van der Waals surface area contributed by atoms with Gasteiger partial charge in [0.2, 0.25) is 0 Å². The van der Waals surface area contributed by atoms with Crippen LogP contribution in [0.15, 0.2) is 188 Å². The Morgan fingerprint density at radius 1 is 0.289 bits per heavy atom. The van der Waals surface area contributed by atoms with Gasteiger partial charge in [-0.2, -0.15) is 0 Å². The molecule has 3 nitrogen and oxygen atoms in total. The van der Waals surface area contributed by atoms with Gasteiger partial charge < -0.3 is 0 Å². The summed E-state index contributed by atoms with van der Waals surface area (Å²) in [6.45, 7) is 0. The van der Waals surface area contributed by atoms with Gasteiger partial charge in [0, 0.05) is 28.4 Å². The van der Waals surface area contributed by atoms with Crippen LogP contribution in [0.2, 0.25) is 0 Å². The Hall–Kier alpha value is -6.06. The lowest BCUT2D eigenvalue weighted by atomic mass is 10.1. The molecule has 1 aromatic heterocycles. The molecule has 0 bridgehead atoms. The fraction of sp³-hybridized carbons (Fsp3) is 0. The second-order valence-electron chi connectivity index (χ2n) is 11.1. The molecule has 0 spiro atoms. The van der Waals surface area contributed by atoms with Crippen LogP contribution >= 0.6 is 0 Å². The Kier molecular flexibility index (Phi) is 6.82. The molecule has 7 aromatic carbocycles. The van der Waals surface area contributed by atoms with Gasteiger partial charge in [0.25, 0.3) is 0 Å². The summed E-state index contributed by atoms with van der Waals surface area (Å²) in [5.41, 5.74) is 5.45. The minimum absolute atomic E-state index is 1.04. The van der Waals surface area contributed by atoms with Crippen molar-refractivity contribution in [1.29, 1.82) is 0 Å². The van der Waals surface area contributed by atoms with E-state index in [0.29, 0.717) is 0 Å². The van der Waals surface area contributed by atoms with E-state index in [4.69, 9.17) is 0 Å².